The van der Waals surface area contributed by atoms with E-state index < -0.39 is 39.2 Å². The van der Waals surface area contributed by atoms with Gasteiger partial charge in [0.2, 0.25) is 0 Å². The van der Waals surface area contributed by atoms with Crippen molar-refractivity contribution < 1.29 is 37.9 Å². The van der Waals surface area contributed by atoms with Crippen LogP contribution in [0.4, 0.5) is 0 Å². The predicted octanol–water partition coefficient (Wildman–Crippen LogP) is 8.78. The average Bonchev–Trinajstić information content (AvgIpc) is 3.05. The van der Waals surface area contributed by atoms with E-state index in [2.05, 4.69) is 20.9 Å². The van der Waals surface area contributed by atoms with Crippen LogP contribution < -0.4 is 0 Å². The molecule has 2 aliphatic rings. The van der Waals surface area contributed by atoms with Crippen LogP contribution in [-0.4, -0.2) is 92.3 Å². The standard InChI is InChI=1S/C38H75NO7Si/c1-4-6-8-10-12-14-15-16-17-18-19-20-21-23-25-27-30-39(3,29-26-24-22-13-11-9-7-5-2)31-28-32-47-44-33-34(40)36(45-47)35(41)37(46-47)38(42)43/h34-37,40-41H,4-33H2,1-3H3/p+1/t34-,35+,36-,37-,39?,47?/m1/s1. The van der Waals surface area contributed by atoms with Crippen LogP contribution >= 0.6 is 0 Å². The molecule has 3 N–H and O–H groups in total. The first-order valence-corrected chi connectivity index (χ1v) is 22.1. The van der Waals surface area contributed by atoms with Gasteiger partial charge in [-0.1, -0.05) is 142 Å². The molecule has 2 fully saturated rings. The van der Waals surface area contributed by atoms with E-state index in [1.807, 2.05) is 0 Å². The third-order valence-electron chi connectivity index (χ3n) is 10.6. The van der Waals surface area contributed by atoms with Crippen molar-refractivity contribution in [2.45, 2.75) is 205 Å². The summed E-state index contributed by atoms with van der Waals surface area (Å²) < 4.78 is 18.8. The van der Waals surface area contributed by atoms with Crippen molar-refractivity contribution in [1.29, 1.82) is 0 Å². The van der Waals surface area contributed by atoms with Crippen molar-refractivity contribution in [1.82, 2.24) is 0 Å². The molecule has 6 atom stereocenters. The molecular weight excluding hydrogens is 611 g/mol. The number of carbonyl (C=O) groups is 1. The quantitative estimate of drug-likeness (QED) is 0.0380. The highest BCUT2D eigenvalue weighted by Crippen LogP contribution is 2.35. The van der Waals surface area contributed by atoms with Crippen LogP contribution in [0.3, 0.4) is 0 Å². The summed E-state index contributed by atoms with van der Waals surface area (Å²) in [5.41, 5.74) is 0. The van der Waals surface area contributed by atoms with Gasteiger partial charge >= 0.3 is 14.8 Å². The molecule has 0 radical (unpaired) electrons. The van der Waals surface area contributed by atoms with Crippen LogP contribution in [-0.2, 0) is 18.1 Å². The molecule has 278 valence electrons. The fourth-order valence-corrected chi connectivity index (χ4v) is 10.4. The molecule has 0 aliphatic carbocycles. The van der Waals surface area contributed by atoms with Gasteiger partial charge in [-0.3, -0.25) is 0 Å². The molecule has 0 spiro atoms. The summed E-state index contributed by atoms with van der Waals surface area (Å²) >= 11 is 0. The third kappa shape index (κ3) is 17.8. The van der Waals surface area contributed by atoms with Gasteiger partial charge in [0.1, 0.15) is 18.3 Å². The van der Waals surface area contributed by atoms with Crippen molar-refractivity contribution in [3.63, 3.8) is 0 Å². The molecule has 2 bridgehead atoms. The summed E-state index contributed by atoms with van der Waals surface area (Å²) in [7, 11) is -0.908. The van der Waals surface area contributed by atoms with Gasteiger partial charge in [0.05, 0.1) is 33.3 Å². The summed E-state index contributed by atoms with van der Waals surface area (Å²) in [6.45, 7) is 7.85. The van der Waals surface area contributed by atoms with E-state index in [1.54, 1.807) is 0 Å². The lowest BCUT2D eigenvalue weighted by Crippen LogP contribution is -2.70. The Labute approximate surface area is 290 Å². The zero-order chi connectivity index (χ0) is 34.2. The number of carboxylic acid groups (broad SMARTS) is 1. The zero-order valence-corrected chi connectivity index (χ0v) is 31.9. The molecule has 0 aromatic rings. The van der Waals surface area contributed by atoms with E-state index in [4.69, 9.17) is 13.3 Å². The number of rotatable bonds is 31. The van der Waals surface area contributed by atoms with Gasteiger partial charge < -0.3 is 33.1 Å². The van der Waals surface area contributed by atoms with Crippen LogP contribution in [0.15, 0.2) is 0 Å². The number of unbranched alkanes of at least 4 members (excludes halogenated alkanes) is 22. The van der Waals surface area contributed by atoms with E-state index in [9.17, 15) is 20.1 Å². The lowest BCUT2D eigenvalue weighted by molar-refractivity contribution is -0.910. The van der Waals surface area contributed by atoms with E-state index in [-0.39, 0.29) is 6.61 Å². The van der Waals surface area contributed by atoms with Gasteiger partial charge in [0.15, 0.2) is 6.10 Å². The summed E-state index contributed by atoms with van der Waals surface area (Å²) in [4.78, 5) is 11.8. The number of quaternary nitrogens is 1. The molecule has 2 unspecified atom stereocenters. The Morgan fingerprint density at radius 3 is 1.40 bits per heavy atom. The largest absolute Gasteiger partial charge is 0.502 e. The maximum Gasteiger partial charge on any atom is 0.502 e. The van der Waals surface area contributed by atoms with Gasteiger partial charge in [0, 0.05) is 12.5 Å². The molecule has 2 aliphatic heterocycles. The van der Waals surface area contributed by atoms with E-state index >= 15 is 0 Å². The predicted molar refractivity (Wildman–Crippen MR) is 193 cm³/mol. The number of aliphatic carboxylic acids is 1. The number of hydrogen-bond acceptors (Lipinski definition) is 6. The maximum atomic E-state index is 11.8. The number of aliphatic hydroxyl groups excluding tert-OH is 2. The van der Waals surface area contributed by atoms with Gasteiger partial charge in [-0.2, -0.15) is 0 Å². The first kappa shape index (κ1) is 42.6. The SMILES string of the molecule is CCCCCCCCCCCCCCCCCC[N+](C)(CCCCCCCCCC)CCC[Si]12OC[C@@H](O)[C@@H](O1)[C@H](O)[C@H](C(=O)O)O2. The van der Waals surface area contributed by atoms with Gasteiger partial charge in [-0.25, -0.2) is 4.79 Å². The lowest BCUT2D eigenvalue weighted by Gasteiger charge is -2.48. The van der Waals surface area contributed by atoms with Gasteiger partial charge in [-0.15, -0.1) is 0 Å². The smallest absolute Gasteiger partial charge is 0.479 e. The molecule has 9 heteroatoms. The number of aliphatic hydroxyl groups is 2. The monoisotopic (exact) mass is 687 g/mol. The third-order valence-corrected chi connectivity index (χ3v) is 13.5. The maximum absolute atomic E-state index is 11.8. The Morgan fingerprint density at radius 1 is 0.617 bits per heavy atom. The molecule has 2 rings (SSSR count). The molecule has 0 amide bonds. The van der Waals surface area contributed by atoms with E-state index in [1.165, 1.54) is 154 Å². The second-order valence-electron chi connectivity index (χ2n) is 15.2. The molecule has 2 heterocycles. The number of fused-ring (bicyclic) bond motifs is 2. The first-order valence-electron chi connectivity index (χ1n) is 20.2. The molecule has 0 aromatic heterocycles. The normalized spacial score (nSPS) is 25.6. The summed E-state index contributed by atoms with van der Waals surface area (Å²) in [5, 5.41) is 30.4. The second kappa shape index (κ2) is 25.4. The number of nitrogens with zero attached hydrogens (tertiary/aromatic N) is 1. The fourth-order valence-electron chi connectivity index (χ4n) is 7.49. The van der Waals surface area contributed by atoms with Crippen molar-refractivity contribution in [2.75, 3.05) is 33.3 Å². The van der Waals surface area contributed by atoms with Crippen LogP contribution in [0.2, 0.25) is 6.04 Å². The van der Waals surface area contributed by atoms with Crippen LogP contribution in [0, 0.1) is 0 Å². The van der Waals surface area contributed by atoms with Crippen LogP contribution in [0.1, 0.15) is 174 Å². The zero-order valence-electron chi connectivity index (χ0n) is 30.9. The minimum Gasteiger partial charge on any atom is -0.479 e. The molecule has 2 saturated heterocycles. The van der Waals surface area contributed by atoms with E-state index in [0.29, 0.717) is 6.04 Å². The minimum atomic E-state index is -3.29. The Hall–Kier alpha value is -0.553. The van der Waals surface area contributed by atoms with Crippen molar-refractivity contribution in [2.24, 2.45) is 0 Å². The van der Waals surface area contributed by atoms with Crippen LogP contribution in [0.25, 0.3) is 0 Å². The Balaban J connectivity index is 1.70. The number of carboxylic acids is 1. The highest BCUT2D eigenvalue weighted by molar-refractivity contribution is 6.61. The Kier molecular flexibility index (Phi) is 23.0. The molecular formula is C38H76NO7Si+. The van der Waals surface area contributed by atoms with E-state index in [0.717, 1.165) is 30.5 Å². The first-order chi connectivity index (χ1) is 22.8. The highest BCUT2D eigenvalue weighted by atomic mass is 28.4. The average molecular weight is 687 g/mol. The molecule has 47 heavy (non-hydrogen) atoms. The minimum absolute atomic E-state index is 0.0177. The fraction of sp³-hybridized carbons (Fsp3) is 0.974. The summed E-state index contributed by atoms with van der Waals surface area (Å²) in [6.07, 6.45) is 28.6. The van der Waals surface area contributed by atoms with Crippen molar-refractivity contribution in [3.8, 4) is 0 Å². The van der Waals surface area contributed by atoms with Gasteiger partial charge in [-0.05, 0) is 25.7 Å². The Morgan fingerprint density at radius 2 is 1.00 bits per heavy atom. The number of hydrogen-bond donors (Lipinski definition) is 3. The van der Waals surface area contributed by atoms with Crippen LogP contribution in [0.5, 0.6) is 0 Å². The summed E-state index contributed by atoms with van der Waals surface area (Å²) in [6, 6.07) is 0.511. The topological polar surface area (TPSA) is 105 Å². The lowest BCUT2D eigenvalue weighted by atomic mass is 10.0. The molecule has 8 nitrogen and oxygen atoms in total. The molecule has 0 aromatic carbocycles. The van der Waals surface area contributed by atoms with Crippen molar-refractivity contribution >= 4 is 14.8 Å². The summed E-state index contributed by atoms with van der Waals surface area (Å²) in [5.74, 6) is -1.24. The van der Waals surface area contributed by atoms with Gasteiger partial charge in [0.25, 0.3) is 0 Å². The van der Waals surface area contributed by atoms with Crippen molar-refractivity contribution in [3.05, 3.63) is 0 Å². The Bertz CT molecular complexity index is 791. The molecule has 0 saturated carbocycles. The highest BCUT2D eigenvalue weighted by Gasteiger charge is 2.59. The second-order valence-corrected chi connectivity index (χ2v) is 17.8.